The number of fused-ring (bicyclic) bond motifs is 8. The average Bonchev–Trinajstić information content (AvgIpc) is 1.68. The first kappa shape index (κ1) is 46.3. The summed E-state index contributed by atoms with van der Waals surface area (Å²) in [5, 5.41) is 3.89. The van der Waals surface area contributed by atoms with E-state index in [4.69, 9.17) is 20.4 Å². The fourth-order valence-corrected chi connectivity index (χ4v) is 12.0. The van der Waals surface area contributed by atoms with Crippen molar-refractivity contribution in [2.24, 2.45) is 5.41 Å². The minimum atomic E-state index is -1.69. The molecule has 6 nitrogen and oxygen atoms in total. The van der Waals surface area contributed by atoms with Crippen LogP contribution >= 0.6 is 11.3 Å². The van der Waals surface area contributed by atoms with Crippen LogP contribution in [0.25, 0.3) is 74.9 Å². The maximum absolute atomic E-state index is 9.50. The smallest absolute Gasteiger partial charge is 0.204 e. The zero-order chi connectivity index (χ0) is 61.5. The summed E-state index contributed by atoms with van der Waals surface area (Å²) in [5.74, 6) is 1.34. The molecule has 4 heterocycles. The Bertz CT molecular complexity index is 4610. The number of nitrogens with zero attached hydrogens (tertiary/aromatic N) is 5. The van der Waals surface area contributed by atoms with E-state index in [0.29, 0.717) is 51.0 Å². The van der Waals surface area contributed by atoms with E-state index >= 15 is 0 Å². The van der Waals surface area contributed by atoms with E-state index in [1.165, 1.54) is 0 Å². The molecule has 0 unspecified atom stereocenters. The predicted octanol–water partition coefficient (Wildman–Crippen LogP) is 20.7. The van der Waals surface area contributed by atoms with Crippen LogP contribution in [0.3, 0.4) is 0 Å². The topological polar surface area (TPSA) is 37.9 Å². The third-order valence-corrected chi connectivity index (χ3v) is 16.0. The molecule has 0 spiro atoms. The Morgan fingerprint density at radius 2 is 1.26 bits per heavy atom. The van der Waals surface area contributed by atoms with Crippen LogP contribution in [-0.4, -0.2) is 9.55 Å². The third kappa shape index (κ3) is 10.0. The molecule has 404 valence electrons. The minimum absolute atomic E-state index is 0. The molecular weight excluding hydrogens is 1180 g/mol. The van der Waals surface area contributed by atoms with Crippen LogP contribution in [0, 0.1) is 30.8 Å². The van der Waals surface area contributed by atoms with Gasteiger partial charge in [0.2, 0.25) is 5.69 Å². The van der Waals surface area contributed by atoms with Crippen molar-refractivity contribution in [1.29, 1.82) is 0 Å². The van der Waals surface area contributed by atoms with Gasteiger partial charge >= 0.3 is 0 Å². The second kappa shape index (κ2) is 20.2. The Kier molecular flexibility index (Phi) is 11.7. The predicted molar refractivity (Wildman–Crippen MR) is 334 cm³/mol. The van der Waals surface area contributed by atoms with E-state index in [1.54, 1.807) is 23.6 Å². The summed E-state index contributed by atoms with van der Waals surface area (Å²) in [6.07, 6.45) is -0.0333. The maximum atomic E-state index is 9.50. The summed E-state index contributed by atoms with van der Waals surface area (Å²) in [7, 11) is 0. The molecule has 0 saturated carbocycles. The van der Waals surface area contributed by atoms with Gasteiger partial charge in [0.05, 0.1) is 13.4 Å². The Labute approximate surface area is 500 Å². The molecule has 0 amide bonds. The molecule has 8 heteroatoms. The van der Waals surface area contributed by atoms with Crippen LogP contribution in [0.2, 0.25) is 0 Å². The third-order valence-electron chi connectivity index (χ3n) is 14.7. The molecule has 0 N–H and O–H groups in total. The van der Waals surface area contributed by atoms with Crippen molar-refractivity contribution in [3.8, 4) is 39.6 Å². The van der Waals surface area contributed by atoms with Gasteiger partial charge in [-0.25, -0.2) is 9.83 Å². The molecule has 0 aliphatic carbocycles. The van der Waals surface area contributed by atoms with Gasteiger partial charge in [-0.05, 0) is 120 Å². The van der Waals surface area contributed by atoms with E-state index < -0.39 is 35.3 Å². The molecule has 0 saturated heterocycles. The largest absolute Gasteiger partial charge is 0.509 e. The van der Waals surface area contributed by atoms with Gasteiger partial charge in [-0.1, -0.05) is 173 Å². The number of aromatic nitrogens is 2. The number of pyridine rings is 1. The molecule has 0 bridgehead atoms. The fraction of sp³-hybridized carbons (Fsp3) is 0.236. The van der Waals surface area contributed by atoms with Crippen LogP contribution in [-0.2, 0) is 43.7 Å². The molecule has 0 atom stereocenters. The molecule has 1 aliphatic rings. The van der Waals surface area contributed by atoms with Crippen LogP contribution in [0.4, 0.5) is 28.4 Å². The quantitative estimate of drug-likeness (QED) is 0.142. The molecule has 0 radical (unpaired) electrons. The standard InChI is InChI=1S/C72H66N5OS.Pt/c1-69(2,3)43-45-33-34-74-64(35-45)77-62-32-31-55-54-25-20-26-59(73-13)67(54)79-68(55)65(62)56-30-29-53(42-63(56)77)78-52-24-19-23-51(41-52)75-44-76(61-28-18-17-27-60(61)75)66-57(46-21-15-14-16-22-46)39-50(72(10,11)12)40-58(66)47-36-48(70(4,5)6)38-49(37-47)71(7,8)9;/h14-40,44H,43H2,1-12H3;/q-3;/i14D,15D,16D,21D,22D,43D2;. The van der Waals surface area contributed by atoms with Crippen molar-refractivity contribution in [2.45, 2.75) is 106 Å². The van der Waals surface area contributed by atoms with Gasteiger partial charge in [-0.3, -0.25) is 0 Å². The normalized spacial score (nSPS) is 14.5. The Hall–Kier alpha value is -7.49. The summed E-state index contributed by atoms with van der Waals surface area (Å²) in [6, 6.07) is 47.6. The summed E-state index contributed by atoms with van der Waals surface area (Å²) in [6.45, 7) is 35.3. The second-order valence-corrected chi connectivity index (χ2v) is 25.7. The number of anilines is 4. The van der Waals surface area contributed by atoms with Crippen molar-refractivity contribution in [1.82, 2.24) is 9.55 Å². The van der Waals surface area contributed by atoms with E-state index in [9.17, 15) is 5.48 Å². The van der Waals surface area contributed by atoms with Crippen molar-refractivity contribution < 1.29 is 35.4 Å². The monoisotopic (exact) mass is 1250 g/mol. The summed E-state index contributed by atoms with van der Waals surface area (Å²) >= 11 is 1.59. The number of rotatable bonds is 8. The van der Waals surface area contributed by atoms with E-state index in [-0.39, 0.29) is 49.5 Å². The molecule has 1 aliphatic heterocycles. The number of benzene rings is 8. The van der Waals surface area contributed by atoms with Crippen LogP contribution in [0.15, 0.2) is 164 Å². The van der Waals surface area contributed by atoms with Crippen molar-refractivity contribution in [2.75, 3.05) is 9.80 Å². The van der Waals surface area contributed by atoms with Gasteiger partial charge in [-0.2, -0.15) is 12.1 Å². The van der Waals surface area contributed by atoms with Gasteiger partial charge in [0.15, 0.2) is 0 Å². The Morgan fingerprint density at radius 3 is 1.94 bits per heavy atom. The second-order valence-electron chi connectivity index (χ2n) is 24.7. The number of para-hydroxylation sites is 2. The van der Waals surface area contributed by atoms with Crippen molar-refractivity contribution in [3.05, 3.63) is 216 Å². The number of hydrogen-bond donors (Lipinski definition) is 0. The van der Waals surface area contributed by atoms with Gasteiger partial charge < -0.3 is 19.1 Å². The van der Waals surface area contributed by atoms with E-state index in [2.05, 4.69) is 127 Å². The fourth-order valence-electron chi connectivity index (χ4n) is 10.7. The van der Waals surface area contributed by atoms with Crippen LogP contribution in [0.5, 0.6) is 11.5 Å². The first-order valence-electron chi connectivity index (χ1n) is 30.3. The molecule has 0 fully saturated rings. The molecular formula is C72H66N5OPtS-3. The van der Waals surface area contributed by atoms with Gasteiger partial charge in [-0.15, -0.1) is 59.4 Å². The molecule has 80 heavy (non-hydrogen) atoms. The molecule has 11 aromatic rings. The zero-order valence-corrected chi connectivity index (χ0v) is 50.2. The SMILES string of the molecule is [2H]c1c([2H])c([2H])c(-c2cc(C(C)(C)C)cc(-c3cc(C(C)(C)C)cc(C(C)(C)C)c3)c2N2[CH-]N(c3[c-]c(Oc4[c-]c5c(cc4)c4c6sc7c([N+]#[C-])cccc7c6ccc4n5-c4cc(C([2H])([2H])C(C)(C)C)ccn4)ccc3)c3ccccc32)c([2H])c1[2H].[Pt]. The Morgan fingerprint density at radius 1 is 0.637 bits per heavy atom. The van der Waals surface area contributed by atoms with E-state index in [0.717, 1.165) is 75.7 Å². The number of hydrogen-bond acceptors (Lipinski definition) is 5. The summed E-state index contributed by atoms with van der Waals surface area (Å²) in [5.41, 5.74) is 9.54. The first-order valence-corrected chi connectivity index (χ1v) is 27.6. The van der Waals surface area contributed by atoms with Gasteiger partial charge in [0, 0.05) is 84.6 Å². The maximum Gasteiger partial charge on any atom is 0.204 e. The zero-order valence-electron chi connectivity index (χ0n) is 54.1. The van der Waals surface area contributed by atoms with Gasteiger partial charge in [0.1, 0.15) is 5.82 Å². The van der Waals surface area contributed by atoms with Crippen molar-refractivity contribution in [3.63, 3.8) is 0 Å². The van der Waals surface area contributed by atoms with Crippen molar-refractivity contribution >= 4 is 81.8 Å². The minimum Gasteiger partial charge on any atom is -0.509 e. The average molecular weight is 1250 g/mol. The van der Waals surface area contributed by atoms with Crippen LogP contribution < -0.4 is 14.5 Å². The summed E-state index contributed by atoms with van der Waals surface area (Å²) < 4.78 is 74.8. The van der Waals surface area contributed by atoms with E-state index in [1.807, 2.05) is 116 Å². The molecule has 12 rings (SSSR count). The summed E-state index contributed by atoms with van der Waals surface area (Å²) in [4.78, 5) is 12.9. The first-order chi connectivity index (χ1) is 40.5. The molecule has 8 aromatic carbocycles. The number of thiophene rings is 1. The number of ether oxygens (including phenoxy) is 1. The van der Waals surface area contributed by atoms with Crippen LogP contribution in [0.1, 0.15) is 115 Å². The Balaban J connectivity index is 0.00000784. The molecule has 3 aromatic heterocycles. The van der Waals surface area contributed by atoms with Gasteiger partial charge in [0.25, 0.3) is 0 Å².